The molecule has 2 aliphatic rings. The first-order chi connectivity index (χ1) is 15.4. The summed E-state index contributed by atoms with van der Waals surface area (Å²) in [4.78, 5) is 16.9. The van der Waals surface area contributed by atoms with Crippen LogP contribution in [0.5, 0.6) is 0 Å². The molecule has 2 aliphatic heterocycles. The minimum absolute atomic E-state index is 0.00507. The third-order valence-corrected chi connectivity index (χ3v) is 8.42. The Kier molecular flexibility index (Phi) is 7.12. The Labute approximate surface area is 194 Å². The van der Waals surface area contributed by atoms with Gasteiger partial charge in [-0.25, -0.2) is 8.42 Å². The monoisotopic (exact) mass is 474 g/mol. The number of carbonyl (C=O) groups is 1. The number of likely N-dealkylation sites (tertiary alicyclic amines) is 1. The van der Waals surface area contributed by atoms with Crippen LogP contribution >= 0.6 is 11.8 Å². The van der Waals surface area contributed by atoms with E-state index in [0.717, 1.165) is 65.6 Å². The number of hydrogen-bond acceptors (Lipinski definition) is 7. The zero-order valence-electron chi connectivity index (χ0n) is 18.6. The lowest BCUT2D eigenvalue weighted by molar-refractivity contribution is -0.149. The summed E-state index contributed by atoms with van der Waals surface area (Å²) in [5.74, 6) is -0.0739. The van der Waals surface area contributed by atoms with Crippen LogP contribution in [0, 0.1) is 5.92 Å². The number of hydrogen-bond donors (Lipinski definition) is 1. The highest BCUT2D eigenvalue weighted by Crippen LogP contribution is 2.47. The first kappa shape index (κ1) is 23.1. The van der Waals surface area contributed by atoms with Gasteiger partial charge in [-0.15, -0.1) is 0 Å². The van der Waals surface area contributed by atoms with E-state index < -0.39 is 9.84 Å². The van der Waals surface area contributed by atoms with Crippen molar-refractivity contribution in [3.05, 3.63) is 42.0 Å². The van der Waals surface area contributed by atoms with Gasteiger partial charge in [0.15, 0.2) is 9.84 Å². The van der Waals surface area contributed by atoms with Crippen molar-refractivity contribution in [1.29, 1.82) is 0 Å². The second kappa shape index (κ2) is 9.85. The fourth-order valence-corrected chi connectivity index (χ4v) is 6.46. The van der Waals surface area contributed by atoms with Gasteiger partial charge in [-0.05, 0) is 82.1 Å². The number of piperidine rings is 1. The van der Waals surface area contributed by atoms with Crippen molar-refractivity contribution in [1.82, 2.24) is 4.90 Å². The Morgan fingerprint density at radius 2 is 1.91 bits per heavy atom. The van der Waals surface area contributed by atoms with Crippen LogP contribution in [0.15, 0.2) is 51.1 Å². The number of fused-ring (bicyclic) bond motifs is 2. The summed E-state index contributed by atoms with van der Waals surface area (Å²) in [7, 11) is -3.34. The van der Waals surface area contributed by atoms with Crippen molar-refractivity contribution >= 4 is 38.9 Å². The molecule has 2 heterocycles. The van der Waals surface area contributed by atoms with Crippen LogP contribution in [0.2, 0.25) is 0 Å². The van der Waals surface area contributed by atoms with E-state index in [9.17, 15) is 13.2 Å². The van der Waals surface area contributed by atoms with Crippen LogP contribution in [-0.4, -0.2) is 51.8 Å². The molecule has 0 saturated carbocycles. The highest BCUT2D eigenvalue weighted by molar-refractivity contribution is 7.99. The van der Waals surface area contributed by atoms with Gasteiger partial charge in [0.05, 0.1) is 28.8 Å². The highest BCUT2D eigenvalue weighted by Gasteiger charge is 2.27. The number of esters is 1. The minimum Gasteiger partial charge on any atom is -0.466 e. The molecule has 32 heavy (non-hydrogen) atoms. The molecule has 0 aromatic heterocycles. The quantitative estimate of drug-likeness (QED) is 0.505. The lowest BCUT2D eigenvalue weighted by atomic mass is 9.96. The van der Waals surface area contributed by atoms with Gasteiger partial charge in [-0.2, -0.15) is 0 Å². The molecule has 1 N–H and O–H groups in total. The standard InChI is InChI=1S/C24H30N2O4S2/c1-3-30-24(27)17-12-15-26(16-13-17)14-6-7-18-22(32(2,28)29)11-10-21-23(18)25-19-8-4-5-9-20(19)31-21/h4-5,8-11,17,25H,3,6-7,12-16H2,1-2H3. The van der Waals surface area contributed by atoms with Crippen molar-refractivity contribution in [2.24, 2.45) is 5.92 Å². The van der Waals surface area contributed by atoms with E-state index in [1.165, 1.54) is 6.26 Å². The molecule has 2 aromatic rings. The maximum Gasteiger partial charge on any atom is 0.309 e. The zero-order chi connectivity index (χ0) is 22.7. The largest absolute Gasteiger partial charge is 0.466 e. The number of para-hydroxylation sites is 1. The number of carbonyl (C=O) groups excluding carboxylic acids is 1. The Morgan fingerprint density at radius 3 is 2.62 bits per heavy atom. The summed E-state index contributed by atoms with van der Waals surface area (Å²) >= 11 is 1.67. The van der Waals surface area contributed by atoms with Gasteiger partial charge < -0.3 is 15.0 Å². The van der Waals surface area contributed by atoms with E-state index in [1.54, 1.807) is 17.8 Å². The van der Waals surface area contributed by atoms with Gasteiger partial charge in [-0.1, -0.05) is 23.9 Å². The molecule has 0 atom stereocenters. The number of nitrogens with zero attached hydrogens (tertiary/aromatic N) is 1. The van der Waals surface area contributed by atoms with Gasteiger partial charge in [0, 0.05) is 16.0 Å². The predicted molar refractivity (Wildman–Crippen MR) is 128 cm³/mol. The maximum absolute atomic E-state index is 12.5. The topological polar surface area (TPSA) is 75.7 Å². The number of ether oxygens (including phenoxy) is 1. The van der Waals surface area contributed by atoms with Gasteiger partial charge in [0.25, 0.3) is 0 Å². The van der Waals surface area contributed by atoms with E-state index in [4.69, 9.17) is 4.74 Å². The normalized spacial score (nSPS) is 16.7. The summed E-state index contributed by atoms with van der Waals surface area (Å²) in [6, 6.07) is 11.7. The minimum atomic E-state index is -3.34. The lowest BCUT2D eigenvalue weighted by Gasteiger charge is -2.31. The van der Waals surface area contributed by atoms with Crippen LogP contribution in [0.1, 0.15) is 31.7 Å². The Bertz CT molecular complexity index is 1090. The average Bonchev–Trinajstić information content (AvgIpc) is 2.77. The van der Waals surface area contributed by atoms with Crippen molar-refractivity contribution in [2.75, 3.05) is 37.8 Å². The average molecular weight is 475 g/mol. The zero-order valence-corrected chi connectivity index (χ0v) is 20.2. The molecule has 172 valence electrons. The van der Waals surface area contributed by atoms with Crippen LogP contribution in [0.3, 0.4) is 0 Å². The molecule has 1 saturated heterocycles. The van der Waals surface area contributed by atoms with E-state index in [1.807, 2.05) is 31.2 Å². The molecule has 4 rings (SSSR count). The van der Waals surface area contributed by atoms with Crippen LogP contribution in [0.4, 0.5) is 11.4 Å². The second-order valence-corrected chi connectivity index (χ2v) is 11.5. The van der Waals surface area contributed by atoms with E-state index >= 15 is 0 Å². The predicted octanol–water partition coefficient (Wildman–Crippen LogP) is 4.51. The number of nitrogens with one attached hydrogen (secondary N) is 1. The summed E-state index contributed by atoms with van der Waals surface area (Å²) in [5, 5.41) is 3.49. The summed E-state index contributed by atoms with van der Waals surface area (Å²) in [5.41, 5.74) is 2.80. The maximum atomic E-state index is 12.5. The number of benzene rings is 2. The number of rotatable bonds is 7. The summed E-state index contributed by atoms with van der Waals surface area (Å²) in [6.45, 7) is 4.89. The van der Waals surface area contributed by atoms with Crippen LogP contribution in [0.25, 0.3) is 0 Å². The van der Waals surface area contributed by atoms with E-state index in [0.29, 0.717) is 17.9 Å². The van der Waals surface area contributed by atoms with E-state index in [-0.39, 0.29) is 11.9 Å². The molecule has 8 heteroatoms. The summed E-state index contributed by atoms with van der Waals surface area (Å²) in [6.07, 6.45) is 4.46. The SMILES string of the molecule is CCOC(=O)C1CCN(CCCc2c(S(C)(=O)=O)ccc3c2Nc2ccccc2S3)CC1. The van der Waals surface area contributed by atoms with E-state index in [2.05, 4.69) is 16.3 Å². The van der Waals surface area contributed by atoms with Crippen LogP contribution in [-0.2, 0) is 25.8 Å². The first-order valence-electron chi connectivity index (χ1n) is 11.2. The Balaban J connectivity index is 1.45. The Morgan fingerprint density at radius 1 is 1.16 bits per heavy atom. The molecule has 0 radical (unpaired) electrons. The molecule has 0 spiro atoms. The summed E-state index contributed by atoms with van der Waals surface area (Å²) < 4.78 is 30.2. The Hall–Kier alpha value is -2.03. The van der Waals surface area contributed by atoms with Crippen molar-refractivity contribution in [3.8, 4) is 0 Å². The molecular weight excluding hydrogens is 444 g/mol. The van der Waals surface area contributed by atoms with Crippen molar-refractivity contribution in [2.45, 2.75) is 47.3 Å². The third-order valence-electron chi connectivity index (χ3n) is 6.11. The molecule has 6 nitrogen and oxygen atoms in total. The molecule has 2 aromatic carbocycles. The smallest absolute Gasteiger partial charge is 0.309 e. The molecule has 0 unspecified atom stereocenters. The molecular formula is C24H30N2O4S2. The van der Waals surface area contributed by atoms with Gasteiger partial charge >= 0.3 is 5.97 Å². The van der Waals surface area contributed by atoms with Gasteiger partial charge in [-0.3, -0.25) is 4.79 Å². The lowest BCUT2D eigenvalue weighted by Crippen LogP contribution is -2.37. The van der Waals surface area contributed by atoms with Gasteiger partial charge in [0.1, 0.15) is 0 Å². The van der Waals surface area contributed by atoms with Crippen molar-refractivity contribution in [3.63, 3.8) is 0 Å². The number of anilines is 2. The fourth-order valence-electron chi connectivity index (χ4n) is 4.47. The highest BCUT2D eigenvalue weighted by atomic mass is 32.2. The fraction of sp³-hybridized carbons (Fsp3) is 0.458. The molecule has 0 amide bonds. The van der Waals surface area contributed by atoms with Crippen molar-refractivity contribution < 1.29 is 17.9 Å². The molecule has 0 aliphatic carbocycles. The molecule has 1 fully saturated rings. The number of sulfone groups is 1. The first-order valence-corrected chi connectivity index (χ1v) is 13.9. The second-order valence-electron chi connectivity index (χ2n) is 8.38. The van der Waals surface area contributed by atoms with Crippen LogP contribution < -0.4 is 5.32 Å². The van der Waals surface area contributed by atoms with Gasteiger partial charge in [0.2, 0.25) is 0 Å². The third kappa shape index (κ3) is 5.13. The molecule has 0 bridgehead atoms.